The first-order valence-electron chi connectivity index (χ1n) is 5.60. The van der Waals surface area contributed by atoms with Gasteiger partial charge in [-0.05, 0) is 12.5 Å². The van der Waals surface area contributed by atoms with Crippen molar-refractivity contribution in [1.82, 2.24) is 10.6 Å². The molecule has 0 saturated carbocycles. The third-order valence-electron chi connectivity index (χ3n) is 2.82. The maximum atomic E-state index is 13.5. The number of hydrogen-bond acceptors (Lipinski definition) is 2. The highest BCUT2D eigenvalue weighted by atomic mass is 35.5. The van der Waals surface area contributed by atoms with E-state index in [0.717, 1.165) is 6.42 Å². The van der Waals surface area contributed by atoms with Crippen molar-refractivity contribution < 1.29 is 9.18 Å². The van der Waals surface area contributed by atoms with Crippen molar-refractivity contribution in [3.8, 4) is 0 Å². The topological polar surface area (TPSA) is 41.1 Å². The Morgan fingerprint density at radius 2 is 2.35 bits per heavy atom. The summed E-state index contributed by atoms with van der Waals surface area (Å²) in [6, 6.07) is 5.10. The van der Waals surface area contributed by atoms with Gasteiger partial charge in [-0.25, -0.2) is 4.39 Å². The van der Waals surface area contributed by atoms with Gasteiger partial charge in [0, 0.05) is 31.1 Å². The Morgan fingerprint density at radius 3 is 3.06 bits per heavy atom. The third kappa shape index (κ3) is 3.17. The van der Waals surface area contributed by atoms with E-state index in [0.29, 0.717) is 25.1 Å². The molecule has 92 valence electrons. The molecule has 17 heavy (non-hydrogen) atoms. The molecule has 1 aliphatic rings. The van der Waals surface area contributed by atoms with Gasteiger partial charge in [-0.15, -0.1) is 0 Å². The van der Waals surface area contributed by atoms with Crippen molar-refractivity contribution in [2.45, 2.75) is 25.4 Å². The normalized spacial score (nSPS) is 19.4. The van der Waals surface area contributed by atoms with Crippen molar-refractivity contribution in [2.75, 3.05) is 6.54 Å². The molecule has 3 nitrogen and oxygen atoms in total. The Morgan fingerprint density at radius 1 is 1.53 bits per heavy atom. The van der Waals surface area contributed by atoms with Gasteiger partial charge in [0.1, 0.15) is 5.82 Å². The van der Waals surface area contributed by atoms with Crippen molar-refractivity contribution >= 4 is 17.5 Å². The minimum Gasteiger partial charge on any atom is -0.352 e. The lowest BCUT2D eigenvalue weighted by Crippen LogP contribution is -2.35. The molecule has 2 rings (SSSR count). The van der Waals surface area contributed by atoms with E-state index in [1.54, 1.807) is 12.1 Å². The van der Waals surface area contributed by atoms with Gasteiger partial charge in [0.05, 0.1) is 5.02 Å². The molecule has 0 radical (unpaired) electrons. The van der Waals surface area contributed by atoms with Crippen molar-refractivity contribution in [1.29, 1.82) is 0 Å². The monoisotopic (exact) mass is 256 g/mol. The van der Waals surface area contributed by atoms with Crippen LogP contribution in [0.4, 0.5) is 4.39 Å². The largest absolute Gasteiger partial charge is 0.352 e. The van der Waals surface area contributed by atoms with Crippen LogP contribution in [-0.2, 0) is 11.3 Å². The first kappa shape index (κ1) is 12.3. The number of hydrogen-bond donors (Lipinski definition) is 2. The molecular weight excluding hydrogens is 243 g/mol. The fourth-order valence-electron chi connectivity index (χ4n) is 1.90. The van der Waals surface area contributed by atoms with Crippen LogP contribution in [0.5, 0.6) is 0 Å². The van der Waals surface area contributed by atoms with Gasteiger partial charge in [0.25, 0.3) is 0 Å². The summed E-state index contributed by atoms with van der Waals surface area (Å²) in [6.07, 6.45) is 1.42. The first-order valence-corrected chi connectivity index (χ1v) is 5.97. The molecule has 2 N–H and O–H groups in total. The smallest absolute Gasteiger partial charge is 0.220 e. The summed E-state index contributed by atoms with van der Waals surface area (Å²) >= 11 is 5.68. The summed E-state index contributed by atoms with van der Waals surface area (Å²) in [5.74, 6) is -0.289. The van der Waals surface area contributed by atoms with Gasteiger partial charge in [-0.2, -0.15) is 0 Å². The second-order valence-electron chi connectivity index (χ2n) is 4.15. The zero-order chi connectivity index (χ0) is 12.3. The highest BCUT2D eigenvalue weighted by Crippen LogP contribution is 2.17. The van der Waals surface area contributed by atoms with E-state index in [9.17, 15) is 9.18 Å². The quantitative estimate of drug-likeness (QED) is 0.863. The van der Waals surface area contributed by atoms with E-state index in [-0.39, 0.29) is 22.8 Å². The number of carbonyl (C=O) groups is 1. The van der Waals surface area contributed by atoms with E-state index in [1.165, 1.54) is 6.07 Å². The number of halogens is 2. The summed E-state index contributed by atoms with van der Waals surface area (Å²) < 4.78 is 13.5. The minimum atomic E-state index is -0.378. The molecule has 1 unspecified atom stereocenters. The molecule has 0 spiro atoms. The van der Waals surface area contributed by atoms with E-state index in [4.69, 9.17) is 11.6 Å². The summed E-state index contributed by atoms with van der Waals surface area (Å²) in [6.45, 7) is 1.07. The lowest BCUT2D eigenvalue weighted by Gasteiger charge is -2.11. The summed E-state index contributed by atoms with van der Waals surface area (Å²) in [5, 5.41) is 6.10. The van der Waals surface area contributed by atoms with Crippen LogP contribution in [0.3, 0.4) is 0 Å². The zero-order valence-electron chi connectivity index (χ0n) is 9.30. The number of nitrogens with one attached hydrogen (secondary N) is 2. The molecule has 0 aliphatic carbocycles. The summed E-state index contributed by atoms with van der Waals surface area (Å²) in [4.78, 5) is 11.0. The minimum absolute atomic E-state index is 0.0886. The van der Waals surface area contributed by atoms with Gasteiger partial charge < -0.3 is 10.6 Å². The van der Waals surface area contributed by atoms with Crippen LogP contribution in [0.2, 0.25) is 5.02 Å². The lowest BCUT2D eigenvalue weighted by atomic mass is 10.2. The van der Waals surface area contributed by atoms with Crippen LogP contribution < -0.4 is 10.6 Å². The second-order valence-corrected chi connectivity index (χ2v) is 4.55. The van der Waals surface area contributed by atoms with Crippen LogP contribution >= 0.6 is 11.6 Å². The molecule has 1 heterocycles. The van der Waals surface area contributed by atoms with Crippen molar-refractivity contribution in [3.63, 3.8) is 0 Å². The lowest BCUT2D eigenvalue weighted by molar-refractivity contribution is -0.119. The predicted octanol–water partition coefficient (Wildman–Crippen LogP) is 1.85. The van der Waals surface area contributed by atoms with Crippen LogP contribution in [0, 0.1) is 5.82 Å². The molecular formula is C12H14ClFN2O. The SMILES string of the molecule is O=C1CCC(CNCc2cccc(Cl)c2F)N1. The Labute approximate surface area is 104 Å². The number of benzene rings is 1. The Kier molecular flexibility index (Phi) is 3.97. The van der Waals surface area contributed by atoms with E-state index < -0.39 is 0 Å². The molecule has 5 heteroatoms. The van der Waals surface area contributed by atoms with Gasteiger partial charge in [0.2, 0.25) is 5.91 Å². The van der Waals surface area contributed by atoms with Crippen molar-refractivity contribution in [3.05, 3.63) is 34.6 Å². The van der Waals surface area contributed by atoms with Gasteiger partial charge in [0.15, 0.2) is 0 Å². The molecule has 1 aromatic carbocycles. The molecule has 1 atom stereocenters. The van der Waals surface area contributed by atoms with E-state index in [2.05, 4.69) is 10.6 Å². The molecule has 1 aliphatic heterocycles. The molecule has 1 amide bonds. The zero-order valence-corrected chi connectivity index (χ0v) is 10.1. The molecule has 1 saturated heterocycles. The van der Waals surface area contributed by atoms with E-state index in [1.807, 2.05) is 0 Å². The first-order chi connectivity index (χ1) is 8.16. The maximum Gasteiger partial charge on any atom is 0.220 e. The summed E-state index contributed by atoms with van der Waals surface area (Å²) in [5.41, 5.74) is 0.543. The van der Waals surface area contributed by atoms with E-state index >= 15 is 0 Å². The average molecular weight is 257 g/mol. The van der Waals surface area contributed by atoms with Gasteiger partial charge in [-0.3, -0.25) is 4.79 Å². The van der Waals surface area contributed by atoms with Crippen LogP contribution in [0.25, 0.3) is 0 Å². The Balaban J connectivity index is 1.82. The average Bonchev–Trinajstić information content (AvgIpc) is 2.70. The number of amides is 1. The maximum absolute atomic E-state index is 13.5. The number of carbonyl (C=O) groups excluding carboxylic acids is 1. The van der Waals surface area contributed by atoms with Gasteiger partial charge in [-0.1, -0.05) is 23.7 Å². The highest BCUT2D eigenvalue weighted by Gasteiger charge is 2.19. The fourth-order valence-corrected chi connectivity index (χ4v) is 2.09. The molecule has 1 fully saturated rings. The second kappa shape index (κ2) is 5.47. The standard InChI is InChI=1S/C12H14ClFN2O/c13-10-3-1-2-8(12(10)14)6-15-7-9-4-5-11(17)16-9/h1-3,9,15H,4-7H2,(H,16,17). The summed E-state index contributed by atoms with van der Waals surface area (Å²) in [7, 11) is 0. The van der Waals surface area contributed by atoms with Crippen molar-refractivity contribution in [2.24, 2.45) is 0 Å². The molecule has 0 bridgehead atoms. The third-order valence-corrected chi connectivity index (χ3v) is 3.11. The fraction of sp³-hybridized carbons (Fsp3) is 0.417. The van der Waals surface area contributed by atoms with Gasteiger partial charge >= 0.3 is 0 Å². The predicted molar refractivity (Wildman–Crippen MR) is 64.3 cm³/mol. The highest BCUT2D eigenvalue weighted by molar-refractivity contribution is 6.30. The van der Waals surface area contributed by atoms with Crippen LogP contribution in [-0.4, -0.2) is 18.5 Å². The van der Waals surface area contributed by atoms with Crippen LogP contribution in [0.1, 0.15) is 18.4 Å². The molecule has 0 aromatic heterocycles. The molecule has 1 aromatic rings. The Bertz CT molecular complexity index is 425. The number of rotatable bonds is 4. The van der Waals surface area contributed by atoms with Crippen LogP contribution in [0.15, 0.2) is 18.2 Å². The Hall–Kier alpha value is -1.13.